The van der Waals surface area contributed by atoms with Gasteiger partial charge in [-0.15, -0.1) is 0 Å². The van der Waals surface area contributed by atoms with Gasteiger partial charge in [-0.1, -0.05) is 0 Å². The summed E-state index contributed by atoms with van der Waals surface area (Å²) in [5.41, 5.74) is 6.57. The van der Waals surface area contributed by atoms with E-state index in [4.69, 9.17) is 5.73 Å². The lowest BCUT2D eigenvalue weighted by Gasteiger charge is -2.24. The number of nitrogens with one attached hydrogen (secondary N) is 2. The van der Waals surface area contributed by atoms with Gasteiger partial charge < -0.3 is 16.4 Å². The minimum Gasteiger partial charge on any atom is -0.384 e. The molecule has 0 saturated carbocycles. The Morgan fingerprint density at radius 3 is 2.79 bits per heavy atom. The fourth-order valence-electron chi connectivity index (χ4n) is 1.69. The standard InChI is InChI=1S/C10H16N4/c11-10-2-1-9(7-13-10)14-8-3-5-12-6-4-8/h1-2,7-8,12,14H,3-6H2,(H2,11,13). The molecule has 0 radical (unpaired) electrons. The molecular weight excluding hydrogens is 176 g/mol. The second kappa shape index (κ2) is 4.28. The minimum absolute atomic E-state index is 0.570. The zero-order chi connectivity index (χ0) is 9.80. The third-order valence-electron chi connectivity index (χ3n) is 2.50. The van der Waals surface area contributed by atoms with Gasteiger partial charge in [-0.3, -0.25) is 0 Å². The average molecular weight is 192 g/mol. The van der Waals surface area contributed by atoms with Gasteiger partial charge in [0.25, 0.3) is 0 Å². The number of aromatic nitrogens is 1. The van der Waals surface area contributed by atoms with Gasteiger partial charge in [-0.25, -0.2) is 4.98 Å². The van der Waals surface area contributed by atoms with Crippen LogP contribution < -0.4 is 16.4 Å². The van der Waals surface area contributed by atoms with E-state index < -0.39 is 0 Å². The highest BCUT2D eigenvalue weighted by Crippen LogP contribution is 2.12. The van der Waals surface area contributed by atoms with Gasteiger partial charge in [-0.2, -0.15) is 0 Å². The topological polar surface area (TPSA) is 63.0 Å². The molecule has 4 heteroatoms. The quantitative estimate of drug-likeness (QED) is 0.649. The molecule has 0 spiro atoms. The molecule has 1 fully saturated rings. The van der Waals surface area contributed by atoms with Crippen LogP contribution in [0.4, 0.5) is 11.5 Å². The molecule has 1 aromatic heterocycles. The van der Waals surface area contributed by atoms with Gasteiger partial charge in [0.05, 0.1) is 11.9 Å². The monoisotopic (exact) mass is 192 g/mol. The number of pyridine rings is 1. The van der Waals surface area contributed by atoms with Crippen LogP contribution in [0.5, 0.6) is 0 Å². The Balaban J connectivity index is 1.92. The molecule has 0 atom stereocenters. The van der Waals surface area contributed by atoms with Crippen LogP contribution in [0.3, 0.4) is 0 Å². The molecule has 1 aliphatic rings. The first-order valence-corrected chi connectivity index (χ1v) is 5.03. The summed E-state index contributed by atoms with van der Waals surface area (Å²) in [5.74, 6) is 0.570. The van der Waals surface area contributed by atoms with E-state index >= 15 is 0 Å². The minimum atomic E-state index is 0.570. The van der Waals surface area contributed by atoms with Crippen LogP contribution in [-0.4, -0.2) is 24.1 Å². The number of hydrogen-bond donors (Lipinski definition) is 3. The van der Waals surface area contributed by atoms with Crippen molar-refractivity contribution in [2.24, 2.45) is 0 Å². The molecule has 4 nitrogen and oxygen atoms in total. The van der Waals surface area contributed by atoms with Crippen molar-refractivity contribution in [2.75, 3.05) is 24.1 Å². The number of nitrogens with two attached hydrogens (primary N) is 1. The largest absolute Gasteiger partial charge is 0.384 e. The lowest BCUT2D eigenvalue weighted by atomic mass is 10.1. The second-order valence-corrected chi connectivity index (χ2v) is 3.64. The van der Waals surface area contributed by atoms with E-state index in [1.54, 1.807) is 6.20 Å². The first kappa shape index (κ1) is 9.27. The molecule has 2 heterocycles. The van der Waals surface area contributed by atoms with E-state index in [1.165, 1.54) is 12.8 Å². The van der Waals surface area contributed by atoms with Crippen LogP contribution in [-0.2, 0) is 0 Å². The number of nitrogens with zero attached hydrogens (tertiary/aromatic N) is 1. The lowest BCUT2D eigenvalue weighted by molar-refractivity contribution is 0.479. The van der Waals surface area contributed by atoms with Crippen LogP contribution in [0.15, 0.2) is 18.3 Å². The van der Waals surface area contributed by atoms with Gasteiger partial charge in [-0.05, 0) is 38.1 Å². The van der Waals surface area contributed by atoms with Crippen LogP contribution in [0.1, 0.15) is 12.8 Å². The Bertz CT molecular complexity index is 277. The summed E-state index contributed by atoms with van der Waals surface area (Å²) in [6, 6.07) is 4.37. The van der Waals surface area contributed by atoms with Crippen LogP contribution in [0.2, 0.25) is 0 Å². The third-order valence-corrected chi connectivity index (χ3v) is 2.50. The Morgan fingerprint density at radius 1 is 1.36 bits per heavy atom. The zero-order valence-corrected chi connectivity index (χ0v) is 8.16. The number of hydrogen-bond acceptors (Lipinski definition) is 4. The van der Waals surface area contributed by atoms with Crippen molar-refractivity contribution >= 4 is 11.5 Å². The van der Waals surface area contributed by atoms with Gasteiger partial charge in [0.15, 0.2) is 0 Å². The van der Waals surface area contributed by atoms with Crippen LogP contribution in [0, 0.1) is 0 Å². The zero-order valence-electron chi connectivity index (χ0n) is 8.16. The van der Waals surface area contributed by atoms with Crippen molar-refractivity contribution in [3.05, 3.63) is 18.3 Å². The summed E-state index contributed by atoms with van der Waals surface area (Å²) in [6.45, 7) is 2.19. The molecule has 0 amide bonds. The van der Waals surface area contributed by atoms with E-state index in [9.17, 15) is 0 Å². The summed E-state index contributed by atoms with van der Waals surface area (Å²) < 4.78 is 0. The maximum absolute atomic E-state index is 5.51. The smallest absolute Gasteiger partial charge is 0.123 e. The first-order valence-electron chi connectivity index (χ1n) is 5.03. The molecule has 4 N–H and O–H groups in total. The maximum Gasteiger partial charge on any atom is 0.123 e. The molecule has 0 bridgehead atoms. The molecule has 2 rings (SSSR count). The fraction of sp³-hybridized carbons (Fsp3) is 0.500. The van der Waals surface area contributed by atoms with Crippen molar-refractivity contribution < 1.29 is 0 Å². The molecule has 1 aliphatic heterocycles. The predicted molar refractivity (Wildman–Crippen MR) is 58.2 cm³/mol. The maximum atomic E-state index is 5.51. The van der Waals surface area contributed by atoms with Crippen molar-refractivity contribution in [2.45, 2.75) is 18.9 Å². The first-order chi connectivity index (χ1) is 6.84. The highest BCUT2D eigenvalue weighted by molar-refractivity contribution is 5.46. The van der Waals surface area contributed by atoms with Gasteiger partial charge in [0, 0.05) is 6.04 Å². The summed E-state index contributed by atoms with van der Waals surface area (Å²) >= 11 is 0. The number of rotatable bonds is 2. The number of anilines is 2. The molecule has 1 saturated heterocycles. The SMILES string of the molecule is Nc1ccc(NC2CCNCC2)cn1. The molecule has 14 heavy (non-hydrogen) atoms. The second-order valence-electron chi connectivity index (χ2n) is 3.64. The number of nitrogen functional groups attached to an aromatic ring is 1. The summed E-state index contributed by atoms with van der Waals surface area (Å²) in [4.78, 5) is 4.04. The van der Waals surface area contributed by atoms with E-state index in [-0.39, 0.29) is 0 Å². The lowest BCUT2D eigenvalue weighted by Crippen LogP contribution is -2.35. The summed E-state index contributed by atoms with van der Waals surface area (Å²) in [6.07, 6.45) is 4.13. The van der Waals surface area contributed by atoms with Gasteiger partial charge in [0.1, 0.15) is 5.82 Å². The third kappa shape index (κ3) is 2.35. The normalized spacial score (nSPS) is 18.0. The highest BCUT2D eigenvalue weighted by atomic mass is 15.0. The Morgan fingerprint density at radius 2 is 2.14 bits per heavy atom. The number of piperidine rings is 1. The fourth-order valence-corrected chi connectivity index (χ4v) is 1.69. The molecule has 0 unspecified atom stereocenters. The van der Waals surface area contributed by atoms with Crippen molar-refractivity contribution in [1.82, 2.24) is 10.3 Å². The van der Waals surface area contributed by atoms with Crippen molar-refractivity contribution in [3.63, 3.8) is 0 Å². The van der Waals surface area contributed by atoms with E-state index in [1.807, 2.05) is 12.1 Å². The Labute approximate surface area is 83.9 Å². The highest BCUT2D eigenvalue weighted by Gasteiger charge is 2.11. The van der Waals surface area contributed by atoms with Crippen LogP contribution >= 0.6 is 0 Å². The summed E-state index contributed by atoms with van der Waals surface area (Å²) in [5, 5.41) is 6.78. The van der Waals surface area contributed by atoms with Gasteiger partial charge >= 0.3 is 0 Å². The summed E-state index contributed by atoms with van der Waals surface area (Å²) in [7, 11) is 0. The molecule has 1 aromatic rings. The van der Waals surface area contributed by atoms with Crippen molar-refractivity contribution in [1.29, 1.82) is 0 Å². The van der Waals surface area contributed by atoms with Crippen molar-refractivity contribution in [3.8, 4) is 0 Å². The Hall–Kier alpha value is -1.29. The molecule has 0 aromatic carbocycles. The van der Waals surface area contributed by atoms with E-state index in [0.717, 1.165) is 18.8 Å². The average Bonchev–Trinajstić information content (AvgIpc) is 2.23. The van der Waals surface area contributed by atoms with E-state index in [2.05, 4.69) is 15.6 Å². The Kier molecular flexibility index (Phi) is 2.84. The van der Waals surface area contributed by atoms with E-state index in [0.29, 0.717) is 11.9 Å². The van der Waals surface area contributed by atoms with Gasteiger partial charge in [0.2, 0.25) is 0 Å². The molecule has 0 aliphatic carbocycles. The molecule has 76 valence electrons. The predicted octanol–water partition coefficient (Wildman–Crippen LogP) is 0.828. The van der Waals surface area contributed by atoms with Crippen LogP contribution in [0.25, 0.3) is 0 Å². The molecular formula is C10H16N4.